The van der Waals surface area contributed by atoms with Crippen molar-refractivity contribution in [3.05, 3.63) is 56.9 Å². The van der Waals surface area contributed by atoms with Crippen LogP contribution in [0.3, 0.4) is 0 Å². The van der Waals surface area contributed by atoms with Crippen LogP contribution in [0.25, 0.3) is 11.1 Å². The molecule has 2 aromatic rings. The van der Waals surface area contributed by atoms with E-state index in [1.807, 2.05) is 30.3 Å². The fraction of sp³-hybridized carbons (Fsp3) is 0. The summed E-state index contributed by atoms with van der Waals surface area (Å²) in [5, 5.41) is 8.97. The van der Waals surface area contributed by atoms with Gasteiger partial charge in [-0.05, 0) is 17.7 Å². The average molecular weight is 275 g/mol. The van der Waals surface area contributed by atoms with Crippen LogP contribution in [-0.4, -0.2) is 4.98 Å². The normalized spacial score (nSPS) is 9.75. The maximum absolute atomic E-state index is 11.5. The average Bonchev–Trinajstić information content (AvgIpc) is 2.29. The van der Waals surface area contributed by atoms with Crippen molar-refractivity contribution in [2.75, 3.05) is 0 Å². The van der Waals surface area contributed by atoms with Crippen LogP contribution in [0.1, 0.15) is 5.56 Å². The van der Waals surface area contributed by atoms with Crippen LogP contribution >= 0.6 is 15.9 Å². The lowest BCUT2D eigenvalue weighted by atomic mass is 10.0. The molecule has 16 heavy (non-hydrogen) atoms. The molecule has 0 aliphatic carbocycles. The maximum atomic E-state index is 11.5. The standard InChI is InChI=1S/C12H7BrN2O/c13-11-4-2-1-3-9(11)8-5-6-15-12(16)10(8)7-14/h1-6H,(H,15,16). The second-order valence-corrected chi connectivity index (χ2v) is 4.04. The lowest BCUT2D eigenvalue weighted by molar-refractivity contribution is 1.21. The van der Waals surface area contributed by atoms with Crippen molar-refractivity contribution in [2.45, 2.75) is 0 Å². The number of hydrogen-bond donors (Lipinski definition) is 1. The highest BCUT2D eigenvalue weighted by molar-refractivity contribution is 9.10. The van der Waals surface area contributed by atoms with Gasteiger partial charge in [0, 0.05) is 16.2 Å². The number of pyridine rings is 1. The van der Waals surface area contributed by atoms with E-state index >= 15 is 0 Å². The van der Waals surface area contributed by atoms with Crippen LogP contribution in [0, 0.1) is 11.3 Å². The Hall–Kier alpha value is -1.86. The number of hydrogen-bond acceptors (Lipinski definition) is 2. The molecule has 2 rings (SSSR count). The summed E-state index contributed by atoms with van der Waals surface area (Å²) < 4.78 is 0.858. The molecule has 4 heteroatoms. The fourth-order valence-electron chi connectivity index (χ4n) is 1.49. The number of halogens is 1. The third-order valence-corrected chi connectivity index (χ3v) is 2.93. The first kappa shape index (κ1) is 10.7. The monoisotopic (exact) mass is 274 g/mol. The van der Waals surface area contributed by atoms with Gasteiger partial charge in [0.25, 0.3) is 5.56 Å². The Morgan fingerprint density at radius 3 is 2.62 bits per heavy atom. The second kappa shape index (κ2) is 4.33. The van der Waals surface area contributed by atoms with Crippen molar-refractivity contribution < 1.29 is 0 Å². The Morgan fingerprint density at radius 1 is 1.19 bits per heavy atom. The third-order valence-electron chi connectivity index (χ3n) is 2.24. The van der Waals surface area contributed by atoms with Gasteiger partial charge in [-0.2, -0.15) is 5.26 Å². The Labute approximate surface area is 100 Å². The van der Waals surface area contributed by atoms with E-state index in [4.69, 9.17) is 5.26 Å². The van der Waals surface area contributed by atoms with Gasteiger partial charge >= 0.3 is 0 Å². The first-order valence-corrected chi connectivity index (χ1v) is 5.40. The Bertz CT molecular complexity index is 625. The number of H-pyrrole nitrogens is 1. The van der Waals surface area contributed by atoms with E-state index in [1.165, 1.54) is 6.20 Å². The summed E-state index contributed by atoms with van der Waals surface area (Å²) in [6, 6.07) is 11.1. The number of nitrogens with zero attached hydrogens (tertiary/aromatic N) is 1. The molecule has 0 fully saturated rings. The van der Waals surface area contributed by atoms with Gasteiger partial charge in [-0.1, -0.05) is 34.1 Å². The molecule has 1 aromatic heterocycles. The third kappa shape index (κ3) is 1.77. The summed E-state index contributed by atoms with van der Waals surface area (Å²) in [6.07, 6.45) is 1.54. The molecule has 0 radical (unpaired) electrons. The van der Waals surface area contributed by atoms with Crippen molar-refractivity contribution in [1.29, 1.82) is 5.26 Å². The van der Waals surface area contributed by atoms with Gasteiger partial charge in [-0.25, -0.2) is 0 Å². The molecule has 0 aliphatic rings. The number of nitriles is 1. The predicted octanol–water partition coefficient (Wildman–Crippen LogP) is 2.68. The molecule has 0 saturated carbocycles. The first-order chi connectivity index (χ1) is 7.74. The summed E-state index contributed by atoms with van der Waals surface area (Å²) in [4.78, 5) is 13.9. The quantitative estimate of drug-likeness (QED) is 0.869. The summed E-state index contributed by atoms with van der Waals surface area (Å²) >= 11 is 3.40. The van der Waals surface area contributed by atoms with Gasteiger partial charge in [0.1, 0.15) is 11.6 Å². The number of aromatic amines is 1. The van der Waals surface area contributed by atoms with Crippen LogP contribution in [0.2, 0.25) is 0 Å². The molecule has 1 heterocycles. The van der Waals surface area contributed by atoms with E-state index in [-0.39, 0.29) is 11.1 Å². The molecular formula is C12H7BrN2O. The zero-order chi connectivity index (χ0) is 11.5. The topological polar surface area (TPSA) is 56.6 Å². The minimum atomic E-state index is -0.365. The summed E-state index contributed by atoms with van der Waals surface area (Å²) in [5.74, 6) is 0. The van der Waals surface area contributed by atoms with Crippen molar-refractivity contribution in [1.82, 2.24) is 4.98 Å². The smallest absolute Gasteiger partial charge is 0.266 e. The zero-order valence-corrected chi connectivity index (χ0v) is 9.78. The molecule has 0 amide bonds. The Morgan fingerprint density at radius 2 is 1.94 bits per heavy atom. The van der Waals surface area contributed by atoms with Crippen LogP contribution in [0.4, 0.5) is 0 Å². The lowest BCUT2D eigenvalue weighted by Crippen LogP contribution is -2.10. The van der Waals surface area contributed by atoms with Gasteiger partial charge in [0.05, 0.1) is 0 Å². The Balaban J connectivity index is 2.76. The molecule has 0 aliphatic heterocycles. The largest absolute Gasteiger partial charge is 0.328 e. The SMILES string of the molecule is N#Cc1c(-c2ccccc2Br)cc[nH]c1=O. The van der Waals surface area contributed by atoms with Crippen molar-refractivity contribution in [2.24, 2.45) is 0 Å². The minimum absolute atomic E-state index is 0.134. The molecule has 0 atom stereocenters. The van der Waals surface area contributed by atoms with E-state index < -0.39 is 0 Å². The van der Waals surface area contributed by atoms with Crippen molar-refractivity contribution in [3.8, 4) is 17.2 Å². The highest BCUT2D eigenvalue weighted by Crippen LogP contribution is 2.28. The van der Waals surface area contributed by atoms with Crippen LogP contribution < -0.4 is 5.56 Å². The van der Waals surface area contributed by atoms with Crippen molar-refractivity contribution in [3.63, 3.8) is 0 Å². The highest BCUT2D eigenvalue weighted by atomic mass is 79.9. The lowest BCUT2D eigenvalue weighted by Gasteiger charge is -2.05. The van der Waals surface area contributed by atoms with Gasteiger partial charge in [-0.15, -0.1) is 0 Å². The van der Waals surface area contributed by atoms with Crippen molar-refractivity contribution >= 4 is 15.9 Å². The predicted molar refractivity (Wildman–Crippen MR) is 64.9 cm³/mol. The van der Waals surface area contributed by atoms with Gasteiger partial charge < -0.3 is 4.98 Å². The fourth-order valence-corrected chi connectivity index (χ4v) is 1.99. The van der Waals surface area contributed by atoms with E-state index in [9.17, 15) is 4.79 Å². The molecule has 0 saturated heterocycles. The number of aromatic nitrogens is 1. The van der Waals surface area contributed by atoms with Gasteiger partial charge in [0.2, 0.25) is 0 Å². The molecule has 1 N–H and O–H groups in total. The Kier molecular flexibility index (Phi) is 2.88. The molecule has 0 unspecified atom stereocenters. The van der Waals surface area contributed by atoms with Crippen LogP contribution in [-0.2, 0) is 0 Å². The maximum Gasteiger partial charge on any atom is 0.266 e. The van der Waals surface area contributed by atoms with E-state index in [0.717, 1.165) is 10.0 Å². The molecular weight excluding hydrogens is 268 g/mol. The summed E-state index contributed by atoms with van der Waals surface area (Å²) in [6.45, 7) is 0. The van der Waals surface area contributed by atoms with Crippen LogP contribution in [0.5, 0.6) is 0 Å². The highest BCUT2D eigenvalue weighted by Gasteiger charge is 2.10. The molecule has 0 bridgehead atoms. The first-order valence-electron chi connectivity index (χ1n) is 4.60. The molecule has 3 nitrogen and oxygen atoms in total. The molecule has 1 aromatic carbocycles. The van der Waals surface area contributed by atoms with Crippen LogP contribution in [0.15, 0.2) is 45.8 Å². The van der Waals surface area contributed by atoms with Gasteiger partial charge in [-0.3, -0.25) is 4.79 Å². The van der Waals surface area contributed by atoms with E-state index in [2.05, 4.69) is 20.9 Å². The van der Waals surface area contributed by atoms with E-state index in [1.54, 1.807) is 6.07 Å². The summed E-state index contributed by atoms with van der Waals surface area (Å²) in [5.41, 5.74) is 1.24. The van der Waals surface area contributed by atoms with E-state index in [0.29, 0.717) is 5.56 Å². The van der Waals surface area contributed by atoms with Gasteiger partial charge in [0.15, 0.2) is 0 Å². The number of rotatable bonds is 1. The molecule has 78 valence electrons. The second-order valence-electron chi connectivity index (χ2n) is 3.19. The zero-order valence-electron chi connectivity index (χ0n) is 8.20. The minimum Gasteiger partial charge on any atom is -0.328 e. The number of nitrogens with one attached hydrogen (secondary N) is 1. The number of benzene rings is 1. The summed E-state index contributed by atoms with van der Waals surface area (Å²) in [7, 11) is 0. The molecule has 0 spiro atoms.